The van der Waals surface area contributed by atoms with Gasteiger partial charge in [0, 0.05) is 19.7 Å². The van der Waals surface area contributed by atoms with E-state index < -0.39 is 5.91 Å². The second kappa shape index (κ2) is 6.68. The number of nitrogens with one attached hydrogen (secondary N) is 1. The molecule has 3 rings (SSSR count). The van der Waals surface area contributed by atoms with Crippen molar-refractivity contribution in [1.82, 2.24) is 30.0 Å². The van der Waals surface area contributed by atoms with E-state index in [-0.39, 0.29) is 28.1 Å². The molecule has 1 amide bonds. The fourth-order valence-electron chi connectivity index (χ4n) is 3.02. The lowest BCUT2D eigenvalue weighted by atomic mass is 9.84. The smallest absolute Gasteiger partial charge is 0.280 e. The number of nitrogens with zero attached hydrogens (tertiary/aromatic N) is 6. The molecule has 0 aliphatic heterocycles. The Kier molecular flexibility index (Phi) is 4.61. The third kappa shape index (κ3) is 3.03. The zero-order chi connectivity index (χ0) is 17.3. The lowest BCUT2D eigenvalue weighted by molar-refractivity contribution is 0.101. The summed E-state index contributed by atoms with van der Waals surface area (Å²) in [4.78, 5) is 25.0. The molecule has 2 heterocycles. The third-order valence-corrected chi connectivity index (χ3v) is 4.68. The van der Waals surface area contributed by atoms with Crippen molar-refractivity contribution < 1.29 is 4.79 Å². The normalized spacial score (nSPS) is 15.5. The summed E-state index contributed by atoms with van der Waals surface area (Å²) >= 11 is 6.40. The monoisotopic (exact) mass is 351 g/mol. The van der Waals surface area contributed by atoms with Crippen LogP contribution in [-0.4, -0.2) is 35.9 Å². The summed E-state index contributed by atoms with van der Waals surface area (Å²) in [6.07, 6.45) is 5.06. The predicted octanol–water partition coefficient (Wildman–Crippen LogP) is 1.26. The van der Waals surface area contributed by atoms with Gasteiger partial charge in [-0.1, -0.05) is 36.0 Å². The molecule has 0 radical (unpaired) electrons. The van der Waals surface area contributed by atoms with Crippen molar-refractivity contribution in [1.29, 1.82) is 0 Å². The van der Waals surface area contributed by atoms with Gasteiger partial charge in [-0.25, -0.2) is 9.36 Å². The van der Waals surface area contributed by atoms with Gasteiger partial charge in [0.05, 0.1) is 5.02 Å². The first-order valence-corrected chi connectivity index (χ1v) is 8.17. The number of aromatic nitrogens is 6. The lowest BCUT2D eigenvalue weighted by Gasteiger charge is -2.23. The Balaban J connectivity index is 1.99. The van der Waals surface area contributed by atoms with E-state index >= 15 is 0 Å². The summed E-state index contributed by atoms with van der Waals surface area (Å²) in [6.45, 7) is 0. The van der Waals surface area contributed by atoms with Crippen LogP contribution < -0.4 is 10.9 Å². The van der Waals surface area contributed by atoms with E-state index in [0.717, 1.165) is 32.1 Å². The first-order valence-electron chi connectivity index (χ1n) is 7.79. The van der Waals surface area contributed by atoms with Gasteiger partial charge in [0.25, 0.3) is 11.5 Å². The second-order valence-corrected chi connectivity index (χ2v) is 6.30. The largest absolute Gasteiger partial charge is 0.288 e. The minimum Gasteiger partial charge on any atom is -0.288 e. The number of amides is 1. The van der Waals surface area contributed by atoms with Crippen LogP contribution >= 0.6 is 11.6 Å². The second-order valence-electron chi connectivity index (χ2n) is 5.92. The molecule has 24 heavy (non-hydrogen) atoms. The zero-order valence-corrected chi connectivity index (χ0v) is 14.2. The summed E-state index contributed by atoms with van der Waals surface area (Å²) in [7, 11) is 3.12. The highest BCUT2D eigenvalue weighted by molar-refractivity contribution is 6.34. The molecule has 0 aromatic carbocycles. The fourth-order valence-corrected chi connectivity index (χ4v) is 3.38. The Bertz CT molecular complexity index is 823. The van der Waals surface area contributed by atoms with Crippen LogP contribution in [0.1, 0.15) is 54.1 Å². The van der Waals surface area contributed by atoms with Crippen molar-refractivity contribution in [3.63, 3.8) is 0 Å². The van der Waals surface area contributed by atoms with Crippen LogP contribution in [-0.2, 0) is 14.1 Å². The number of hydrogen-bond donors (Lipinski definition) is 1. The van der Waals surface area contributed by atoms with Crippen LogP contribution in [0.25, 0.3) is 0 Å². The molecule has 9 nitrogen and oxygen atoms in total. The quantitative estimate of drug-likeness (QED) is 0.891. The van der Waals surface area contributed by atoms with Crippen LogP contribution in [0.2, 0.25) is 5.02 Å². The highest BCUT2D eigenvalue weighted by Gasteiger charge is 2.27. The summed E-state index contributed by atoms with van der Waals surface area (Å²) in [5.74, 6) is -0.313. The molecule has 2 aromatic heterocycles. The lowest BCUT2D eigenvalue weighted by Crippen LogP contribution is -2.31. The Hall–Kier alpha value is -2.29. The maximum absolute atomic E-state index is 12.5. The SMILES string of the molecule is Cn1nnnc1NC(=O)c1nn(C)c(=O)c(C2CCCCC2)c1Cl. The number of carbonyl (C=O) groups excluding carboxylic acids is 1. The van der Waals surface area contributed by atoms with Gasteiger partial charge in [-0.05, 0) is 29.2 Å². The first kappa shape index (κ1) is 16.6. The molecule has 1 N–H and O–H groups in total. The Morgan fingerprint density at radius 1 is 1.21 bits per heavy atom. The molecule has 0 unspecified atom stereocenters. The number of tetrazole rings is 1. The van der Waals surface area contributed by atoms with Crippen molar-refractivity contribution in [3.05, 3.63) is 26.6 Å². The van der Waals surface area contributed by atoms with Crippen LogP contribution in [0.4, 0.5) is 5.95 Å². The maximum atomic E-state index is 12.5. The summed E-state index contributed by atoms with van der Waals surface area (Å²) in [5, 5.41) is 17.5. The summed E-state index contributed by atoms with van der Waals surface area (Å²) in [6, 6.07) is 0. The molecule has 2 aromatic rings. The molecule has 0 atom stereocenters. The number of anilines is 1. The Labute approximate surface area is 143 Å². The first-order chi connectivity index (χ1) is 11.5. The van der Waals surface area contributed by atoms with Crippen molar-refractivity contribution in [3.8, 4) is 0 Å². The van der Waals surface area contributed by atoms with Gasteiger partial charge in [-0.15, -0.1) is 0 Å². The average molecular weight is 352 g/mol. The molecule has 128 valence electrons. The Morgan fingerprint density at radius 3 is 2.54 bits per heavy atom. The number of carbonyl (C=O) groups is 1. The number of hydrogen-bond acceptors (Lipinski definition) is 6. The van der Waals surface area contributed by atoms with Crippen molar-refractivity contribution in [2.24, 2.45) is 14.1 Å². The zero-order valence-electron chi connectivity index (χ0n) is 13.5. The highest BCUT2D eigenvalue weighted by atomic mass is 35.5. The molecule has 0 saturated heterocycles. The minimum absolute atomic E-state index is 0.00217. The van der Waals surface area contributed by atoms with Crippen molar-refractivity contribution in [2.75, 3.05) is 5.32 Å². The van der Waals surface area contributed by atoms with E-state index in [1.807, 2.05) is 0 Å². The molecule has 1 fully saturated rings. The predicted molar refractivity (Wildman–Crippen MR) is 87.1 cm³/mol. The van der Waals surface area contributed by atoms with Gasteiger partial charge in [0.1, 0.15) is 0 Å². The Morgan fingerprint density at radius 2 is 1.92 bits per heavy atom. The number of rotatable bonds is 3. The molecule has 1 aliphatic carbocycles. The van der Waals surface area contributed by atoms with Crippen LogP contribution in [0.5, 0.6) is 0 Å². The van der Waals surface area contributed by atoms with Crippen LogP contribution in [0.3, 0.4) is 0 Å². The number of aryl methyl sites for hydroxylation is 2. The van der Waals surface area contributed by atoms with Gasteiger partial charge < -0.3 is 0 Å². The van der Waals surface area contributed by atoms with E-state index in [1.165, 1.54) is 16.4 Å². The third-order valence-electron chi connectivity index (χ3n) is 4.29. The molecular formula is C14H18ClN7O2. The van der Waals surface area contributed by atoms with Gasteiger partial charge in [0.15, 0.2) is 5.69 Å². The minimum atomic E-state index is -0.550. The van der Waals surface area contributed by atoms with Gasteiger partial charge in [-0.2, -0.15) is 5.10 Å². The summed E-state index contributed by atoms with van der Waals surface area (Å²) < 4.78 is 2.48. The molecule has 1 aliphatic rings. The van der Waals surface area contributed by atoms with Crippen molar-refractivity contribution >= 4 is 23.5 Å². The van der Waals surface area contributed by atoms with Crippen molar-refractivity contribution in [2.45, 2.75) is 38.0 Å². The van der Waals surface area contributed by atoms with E-state index in [9.17, 15) is 9.59 Å². The standard InChI is InChI=1S/C14H18ClN7O2/c1-21-13(24)9(8-6-4-3-5-7-8)10(15)11(18-21)12(23)16-14-17-19-20-22(14)2/h8H,3-7H2,1-2H3,(H,16,17,20,23). The summed E-state index contributed by atoms with van der Waals surface area (Å²) in [5.41, 5.74) is 0.237. The fraction of sp³-hybridized carbons (Fsp3) is 0.571. The molecule has 0 spiro atoms. The maximum Gasteiger partial charge on any atom is 0.280 e. The average Bonchev–Trinajstić information content (AvgIpc) is 2.97. The molecule has 10 heteroatoms. The van der Waals surface area contributed by atoms with Gasteiger partial charge in [-0.3, -0.25) is 14.9 Å². The highest BCUT2D eigenvalue weighted by Crippen LogP contribution is 2.35. The van der Waals surface area contributed by atoms with E-state index in [0.29, 0.717) is 5.56 Å². The van der Waals surface area contributed by atoms with Crippen LogP contribution in [0.15, 0.2) is 4.79 Å². The van der Waals surface area contributed by atoms with Gasteiger partial charge >= 0.3 is 0 Å². The molecule has 1 saturated carbocycles. The topological polar surface area (TPSA) is 108 Å². The molecule has 0 bridgehead atoms. The van der Waals surface area contributed by atoms with E-state index in [2.05, 4.69) is 25.9 Å². The van der Waals surface area contributed by atoms with E-state index in [1.54, 1.807) is 7.05 Å². The number of halogens is 1. The van der Waals surface area contributed by atoms with Gasteiger partial charge in [0.2, 0.25) is 5.95 Å². The van der Waals surface area contributed by atoms with E-state index in [4.69, 9.17) is 11.6 Å². The molecular weight excluding hydrogens is 334 g/mol. The van der Waals surface area contributed by atoms with Crippen LogP contribution in [0, 0.1) is 0 Å².